The summed E-state index contributed by atoms with van der Waals surface area (Å²) >= 11 is 0. The van der Waals surface area contributed by atoms with E-state index in [4.69, 9.17) is 18.9 Å². The van der Waals surface area contributed by atoms with Crippen molar-refractivity contribution in [1.82, 2.24) is 5.32 Å². The van der Waals surface area contributed by atoms with Crippen molar-refractivity contribution in [3.8, 4) is 11.5 Å². The lowest BCUT2D eigenvalue weighted by Crippen LogP contribution is -2.63. The average molecular weight is 475 g/mol. The van der Waals surface area contributed by atoms with Gasteiger partial charge in [-0.05, 0) is 12.1 Å². The summed E-state index contributed by atoms with van der Waals surface area (Å²) in [5.41, 5.74) is 1.21. The van der Waals surface area contributed by atoms with E-state index in [9.17, 15) is 24.9 Å². The highest BCUT2D eigenvalue weighted by Crippen LogP contribution is 2.27. The van der Waals surface area contributed by atoms with Crippen LogP contribution in [0, 0.1) is 0 Å². The Bertz CT molecular complexity index is 982. The molecule has 0 amide bonds. The second-order valence-corrected chi connectivity index (χ2v) is 7.82. The Labute approximate surface area is 197 Å². The van der Waals surface area contributed by atoms with Gasteiger partial charge in [0.1, 0.15) is 42.1 Å². The van der Waals surface area contributed by atoms with Gasteiger partial charge >= 0.3 is 11.9 Å². The quantitative estimate of drug-likeness (QED) is 0.301. The van der Waals surface area contributed by atoms with E-state index in [0.29, 0.717) is 22.6 Å². The summed E-state index contributed by atoms with van der Waals surface area (Å²) in [6.07, 6.45) is -5.77. The number of carbonyl (C=O) groups excluding carboxylic acids is 2. The predicted molar refractivity (Wildman–Crippen MR) is 119 cm³/mol. The van der Waals surface area contributed by atoms with E-state index in [2.05, 4.69) is 5.32 Å². The van der Waals surface area contributed by atoms with Crippen molar-refractivity contribution in [3.05, 3.63) is 59.7 Å². The van der Waals surface area contributed by atoms with Gasteiger partial charge in [0.15, 0.2) is 0 Å². The highest BCUT2D eigenvalue weighted by Gasteiger charge is 2.45. The van der Waals surface area contributed by atoms with Gasteiger partial charge in [-0.2, -0.15) is 0 Å². The zero-order chi connectivity index (χ0) is 24.7. The number of rotatable bonds is 9. The molecule has 10 nitrogen and oxygen atoms in total. The molecule has 0 aliphatic carbocycles. The van der Waals surface area contributed by atoms with Crippen LogP contribution in [0.2, 0.25) is 0 Å². The molecule has 0 bridgehead atoms. The molecule has 1 fully saturated rings. The van der Waals surface area contributed by atoms with Crippen molar-refractivity contribution in [3.63, 3.8) is 0 Å². The molecule has 1 aliphatic rings. The number of para-hydroxylation sites is 2. The van der Waals surface area contributed by atoms with Gasteiger partial charge in [-0.1, -0.05) is 36.4 Å². The first-order valence-electron chi connectivity index (χ1n) is 10.8. The fourth-order valence-electron chi connectivity index (χ4n) is 3.62. The Kier molecular flexibility index (Phi) is 9.11. The number of nitrogens with one attached hydrogen (secondary N) is 1. The SMILES string of the molecule is CC(=O)Oc1ccccc1CNC1O[C@H](CO)[C@H](O)[C@H](O)[C@@H]1OCc1ccccc1OC(C)=O. The Morgan fingerprint density at radius 3 is 2.06 bits per heavy atom. The lowest BCUT2D eigenvalue weighted by Gasteiger charge is -2.42. The first-order chi connectivity index (χ1) is 16.3. The number of aliphatic hydroxyl groups is 3. The zero-order valence-electron chi connectivity index (χ0n) is 18.9. The third-order valence-electron chi connectivity index (χ3n) is 5.24. The molecule has 1 saturated heterocycles. The molecule has 0 saturated carbocycles. The Balaban J connectivity index is 1.76. The third kappa shape index (κ3) is 6.60. The fourth-order valence-corrected chi connectivity index (χ4v) is 3.62. The molecule has 1 aliphatic heterocycles. The maximum Gasteiger partial charge on any atom is 0.308 e. The monoisotopic (exact) mass is 475 g/mol. The second kappa shape index (κ2) is 12.0. The van der Waals surface area contributed by atoms with Gasteiger partial charge in [0.2, 0.25) is 0 Å². The summed E-state index contributed by atoms with van der Waals surface area (Å²) < 4.78 is 22.1. The van der Waals surface area contributed by atoms with Gasteiger partial charge in [0.05, 0.1) is 13.2 Å². The van der Waals surface area contributed by atoms with Crippen LogP contribution in [0.4, 0.5) is 0 Å². The van der Waals surface area contributed by atoms with Crippen LogP contribution in [0.15, 0.2) is 48.5 Å². The summed E-state index contributed by atoms with van der Waals surface area (Å²) in [7, 11) is 0. The largest absolute Gasteiger partial charge is 0.426 e. The molecule has 2 aromatic rings. The molecule has 34 heavy (non-hydrogen) atoms. The highest BCUT2D eigenvalue weighted by atomic mass is 16.6. The molecule has 4 N–H and O–H groups in total. The Morgan fingerprint density at radius 2 is 1.47 bits per heavy atom. The molecule has 2 aromatic carbocycles. The van der Waals surface area contributed by atoms with Crippen LogP contribution in [-0.4, -0.2) is 64.5 Å². The van der Waals surface area contributed by atoms with Crippen LogP contribution in [0.3, 0.4) is 0 Å². The van der Waals surface area contributed by atoms with Crippen molar-refractivity contribution in [1.29, 1.82) is 0 Å². The van der Waals surface area contributed by atoms with E-state index in [1.54, 1.807) is 48.5 Å². The molecular weight excluding hydrogens is 446 g/mol. The molecule has 1 heterocycles. The van der Waals surface area contributed by atoms with Gasteiger partial charge in [0.25, 0.3) is 0 Å². The molecule has 5 atom stereocenters. The molecule has 0 radical (unpaired) electrons. The van der Waals surface area contributed by atoms with Crippen LogP contribution in [0.25, 0.3) is 0 Å². The minimum Gasteiger partial charge on any atom is -0.426 e. The maximum absolute atomic E-state index is 11.4. The minimum absolute atomic E-state index is 0.0483. The second-order valence-electron chi connectivity index (χ2n) is 7.82. The van der Waals surface area contributed by atoms with Gasteiger partial charge in [-0.15, -0.1) is 0 Å². The van der Waals surface area contributed by atoms with Crippen molar-refractivity contribution < 1.29 is 43.9 Å². The van der Waals surface area contributed by atoms with Crippen LogP contribution >= 0.6 is 0 Å². The van der Waals surface area contributed by atoms with Crippen LogP contribution in [0.1, 0.15) is 25.0 Å². The van der Waals surface area contributed by atoms with Crippen molar-refractivity contribution in [2.45, 2.75) is 57.6 Å². The van der Waals surface area contributed by atoms with E-state index in [1.165, 1.54) is 13.8 Å². The maximum atomic E-state index is 11.4. The number of hydrogen-bond donors (Lipinski definition) is 4. The lowest BCUT2D eigenvalue weighted by molar-refractivity contribution is -0.251. The average Bonchev–Trinajstić information content (AvgIpc) is 2.80. The fraction of sp³-hybridized carbons (Fsp3) is 0.417. The van der Waals surface area contributed by atoms with Gasteiger partial charge in [-0.25, -0.2) is 0 Å². The first-order valence-corrected chi connectivity index (χ1v) is 10.8. The first kappa shape index (κ1) is 25.8. The summed E-state index contributed by atoms with van der Waals surface area (Å²) in [5.74, 6) is -0.270. The van der Waals surface area contributed by atoms with E-state index in [0.717, 1.165) is 0 Å². The molecule has 3 rings (SSSR count). The number of carbonyl (C=O) groups is 2. The molecule has 1 unspecified atom stereocenters. The molecule has 0 spiro atoms. The predicted octanol–water partition coefficient (Wildman–Crippen LogP) is 0.651. The number of aliphatic hydroxyl groups excluding tert-OH is 3. The number of benzene rings is 2. The number of hydrogen-bond acceptors (Lipinski definition) is 10. The van der Waals surface area contributed by atoms with Crippen molar-refractivity contribution >= 4 is 11.9 Å². The van der Waals surface area contributed by atoms with Gasteiger partial charge < -0.3 is 34.3 Å². The topological polar surface area (TPSA) is 144 Å². The van der Waals surface area contributed by atoms with E-state index in [-0.39, 0.29) is 13.2 Å². The van der Waals surface area contributed by atoms with Crippen LogP contribution in [-0.2, 0) is 32.2 Å². The van der Waals surface area contributed by atoms with Gasteiger partial charge in [0, 0.05) is 31.5 Å². The summed E-state index contributed by atoms with van der Waals surface area (Å²) in [4.78, 5) is 22.8. The van der Waals surface area contributed by atoms with Crippen LogP contribution < -0.4 is 14.8 Å². The standard InChI is InChI=1S/C24H29NO9/c1-14(27)32-18-9-5-3-7-16(18)11-25-24-23(22(30)21(29)20(12-26)34-24)31-13-17-8-4-6-10-19(17)33-15(2)28/h3-10,20-26,29-30H,11-13H2,1-2H3/t20-,21+,22+,23+,24?/m1/s1. The van der Waals surface area contributed by atoms with E-state index in [1.807, 2.05) is 0 Å². The number of ether oxygens (including phenoxy) is 4. The Morgan fingerprint density at radius 1 is 0.912 bits per heavy atom. The summed E-state index contributed by atoms with van der Waals surface area (Å²) in [5, 5.41) is 33.7. The lowest BCUT2D eigenvalue weighted by atomic mass is 9.98. The van der Waals surface area contributed by atoms with Gasteiger partial charge in [-0.3, -0.25) is 14.9 Å². The summed E-state index contributed by atoms with van der Waals surface area (Å²) in [6.45, 7) is 2.21. The molecular formula is C24H29NO9. The van der Waals surface area contributed by atoms with Crippen molar-refractivity contribution in [2.24, 2.45) is 0 Å². The molecule has 0 aromatic heterocycles. The number of esters is 2. The van der Waals surface area contributed by atoms with Crippen LogP contribution in [0.5, 0.6) is 11.5 Å². The molecule has 184 valence electrons. The summed E-state index contributed by atoms with van der Waals surface area (Å²) in [6, 6.07) is 13.7. The normalized spacial score (nSPS) is 24.4. The zero-order valence-corrected chi connectivity index (χ0v) is 18.9. The van der Waals surface area contributed by atoms with E-state index >= 15 is 0 Å². The van der Waals surface area contributed by atoms with E-state index < -0.39 is 49.2 Å². The van der Waals surface area contributed by atoms with Crippen molar-refractivity contribution in [2.75, 3.05) is 6.61 Å². The molecule has 10 heteroatoms. The minimum atomic E-state index is -1.38. The third-order valence-corrected chi connectivity index (χ3v) is 5.24. The smallest absolute Gasteiger partial charge is 0.308 e. The Hall–Kier alpha value is -2.86. The highest BCUT2D eigenvalue weighted by molar-refractivity contribution is 5.70.